The minimum absolute atomic E-state index is 0.228. The SMILES string of the molecule is CCN1CCC(N(C)C(=O)CCc2ccco2)CC1. The van der Waals surface area contributed by atoms with Crippen LogP contribution in [-0.4, -0.2) is 48.4 Å². The van der Waals surface area contributed by atoms with Gasteiger partial charge in [0.15, 0.2) is 0 Å². The second-order valence-corrected chi connectivity index (χ2v) is 5.25. The van der Waals surface area contributed by atoms with Crippen molar-refractivity contribution >= 4 is 5.91 Å². The van der Waals surface area contributed by atoms with Gasteiger partial charge in [0.2, 0.25) is 5.91 Å². The Hall–Kier alpha value is -1.29. The van der Waals surface area contributed by atoms with Crippen LogP contribution in [0.2, 0.25) is 0 Å². The highest BCUT2D eigenvalue weighted by Gasteiger charge is 2.24. The number of nitrogens with zero attached hydrogens (tertiary/aromatic N) is 2. The van der Waals surface area contributed by atoms with Gasteiger partial charge in [0.1, 0.15) is 5.76 Å². The van der Waals surface area contributed by atoms with Crippen LogP contribution in [0.5, 0.6) is 0 Å². The average molecular weight is 264 g/mol. The third-order valence-electron chi connectivity index (χ3n) is 4.11. The molecule has 1 amide bonds. The Bertz CT molecular complexity index is 381. The van der Waals surface area contributed by atoms with Crippen molar-refractivity contribution in [3.63, 3.8) is 0 Å². The average Bonchev–Trinajstić information content (AvgIpc) is 2.97. The van der Waals surface area contributed by atoms with Gasteiger partial charge < -0.3 is 14.2 Å². The molecule has 1 aliphatic heterocycles. The minimum Gasteiger partial charge on any atom is -0.469 e. The fourth-order valence-electron chi connectivity index (χ4n) is 2.69. The van der Waals surface area contributed by atoms with E-state index in [2.05, 4.69) is 11.8 Å². The first kappa shape index (κ1) is 14.1. The Balaban J connectivity index is 1.76. The number of rotatable bonds is 5. The van der Waals surface area contributed by atoms with Crippen molar-refractivity contribution in [1.29, 1.82) is 0 Å². The number of hydrogen-bond acceptors (Lipinski definition) is 3. The Morgan fingerprint density at radius 1 is 1.47 bits per heavy atom. The van der Waals surface area contributed by atoms with Crippen molar-refractivity contribution in [2.75, 3.05) is 26.7 Å². The molecule has 4 nitrogen and oxygen atoms in total. The topological polar surface area (TPSA) is 36.7 Å². The molecular formula is C15H24N2O2. The van der Waals surface area contributed by atoms with Crippen LogP contribution in [-0.2, 0) is 11.2 Å². The number of aryl methyl sites for hydroxylation is 1. The smallest absolute Gasteiger partial charge is 0.223 e. The molecule has 0 N–H and O–H groups in total. The Morgan fingerprint density at radius 3 is 2.79 bits per heavy atom. The molecule has 0 saturated carbocycles. The van der Waals surface area contributed by atoms with Gasteiger partial charge in [-0.15, -0.1) is 0 Å². The van der Waals surface area contributed by atoms with E-state index in [1.54, 1.807) is 6.26 Å². The van der Waals surface area contributed by atoms with Crippen LogP contribution in [0.25, 0.3) is 0 Å². The normalized spacial score (nSPS) is 17.6. The van der Waals surface area contributed by atoms with E-state index in [0.717, 1.165) is 38.2 Å². The molecule has 0 radical (unpaired) electrons. The van der Waals surface area contributed by atoms with Gasteiger partial charge in [-0.25, -0.2) is 0 Å². The number of furan rings is 1. The number of carbonyl (C=O) groups is 1. The van der Waals surface area contributed by atoms with Crippen molar-refractivity contribution < 1.29 is 9.21 Å². The summed E-state index contributed by atoms with van der Waals surface area (Å²) < 4.78 is 5.26. The third-order valence-corrected chi connectivity index (χ3v) is 4.11. The van der Waals surface area contributed by atoms with Gasteiger partial charge in [-0.3, -0.25) is 4.79 Å². The molecule has 1 aromatic heterocycles. The minimum atomic E-state index is 0.228. The molecule has 0 aromatic carbocycles. The molecule has 0 spiro atoms. The predicted octanol–water partition coefficient (Wildman–Crippen LogP) is 2.15. The summed E-state index contributed by atoms with van der Waals surface area (Å²) in [6.07, 6.45) is 5.08. The Kier molecular flexibility index (Phi) is 5.02. The van der Waals surface area contributed by atoms with E-state index in [9.17, 15) is 4.79 Å². The number of amides is 1. The van der Waals surface area contributed by atoms with Gasteiger partial charge in [0, 0.05) is 39.0 Å². The van der Waals surface area contributed by atoms with Crippen LogP contribution >= 0.6 is 0 Å². The molecule has 0 atom stereocenters. The third kappa shape index (κ3) is 3.83. The molecular weight excluding hydrogens is 240 g/mol. The quantitative estimate of drug-likeness (QED) is 0.817. The first-order valence-electron chi connectivity index (χ1n) is 7.21. The monoisotopic (exact) mass is 264 g/mol. The summed E-state index contributed by atoms with van der Waals surface area (Å²) in [6.45, 7) is 5.52. The Labute approximate surface area is 115 Å². The second-order valence-electron chi connectivity index (χ2n) is 5.25. The lowest BCUT2D eigenvalue weighted by Crippen LogP contribution is -2.45. The number of carbonyl (C=O) groups excluding carboxylic acids is 1. The maximum Gasteiger partial charge on any atom is 0.223 e. The summed E-state index contributed by atoms with van der Waals surface area (Å²) in [5, 5.41) is 0. The van der Waals surface area contributed by atoms with Gasteiger partial charge in [-0.1, -0.05) is 6.92 Å². The van der Waals surface area contributed by atoms with E-state index in [0.29, 0.717) is 18.9 Å². The van der Waals surface area contributed by atoms with Crippen LogP contribution in [0, 0.1) is 0 Å². The van der Waals surface area contributed by atoms with Crippen molar-refractivity contribution in [3.05, 3.63) is 24.2 Å². The fourth-order valence-corrected chi connectivity index (χ4v) is 2.69. The largest absolute Gasteiger partial charge is 0.469 e. The number of likely N-dealkylation sites (tertiary alicyclic amines) is 1. The van der Waals surface area contributed by atoms with E-state index < -0.39 is 0 Å². The molecule has 19 heavy (non-hydrogen) atoms. The summed E-state index contributed by atoms with van der Waals surface area (Å²) in [5.41, 5.74) is 0. The Morgan fingerprint density at radius 2 is 2.21 bits per heavy atom. The van der Waals surface area contributed by atoms with E-state index in [1.807, 2.05) is 24.1 Å². The van der Waals surface area contributed by atoms with Crippen LogP contribution in [0.15, 0.2) is 22.8 Å². The summed E-state index contributed by atoms with van der Waals surface area (Å²) in [7, 11) is 1.94. The van der Waals surface area contributed by atoms with Crippen molar-refractivity contribution in [1.82, 2.24) is 9.80 Å². The first-order valence-corrected chi connectivity index (χ1v) is 7.21. The van der Waals surface area contributed by atoms with Gasteiger partial charge >= 0.3 is 0 Å². The lowest BCUT2D eigenvalue weighted by Gasteiger charge is -2.36. The molecule has 1 aliphatic rings. The molecule has 106 valence electrons. The molecule has 4 heteroatoms. The molecule has 0 unspecified atom stereocenters. The summed E-state index contributed by atoms with van der Waals surface area (Å²) in [4.78, 5) is 16.5. The van der Waals surface area contributed by atoms with Gasteiger partial charge in [0.25, 0.3) is 0 Å². The first-order chi connectivity index (χ1) is 9.20. The summed E-state index contributed by atoms with van der Waals surface area (Å²) in [6, 6.07) is 4.20. The number of hydrogen-bond donors (Lipinski definition) is 0. The molecule has 0 bridgehead atoms. The molecule has 1 aromatic rings. The highest BCUT2D eigenvalue weighted by atomic mass is 16.3. The number of piperidine rings is 1. The van der Waals surface area contributed by atoms with Crippen LogP contribution in [0.4, 0.5) is 0 Å². The second kappa shape index (κ2) is 6.75. The van der Waals surface area contributed by atoms with Crippen LogP contribution in [0.3, 0.4) is 0 Å². The highest BCUT2D eigenvalue weighted by Crippen LogP contribution is 2.16. The summed E-state index contributed by atoms with van der Waals surface area (Å²) in [5.74, 6) is 1.12. The van der Waals surface area contributed by atoms with Crippen molar-refractivity contribution in [3.8, 4) is 0 Å². The zero-order valence-electron chi connectivity index (χ0n) is 12.0. The van der Waals surface area contributed by atoms with Gasteiger partial charge in [-0.2, -0.15) is 0 Å². The van der Waals surface area contributed by atoms with Gasteiger partial charge in [-0.05, 0) is 31.5 Å². The molecule has 1 saturated heterocycles. The molecule has 1 fully saturated rings. The van der Waals surface area contributed by atoms with Crippen molar-refractivity contribution in [2.24, 2.45) is 0 Å². The molecule has 2 heterocycles. The lowest BCUT2D eigenvalue weighted by atomic mass is 10.0. The van der Waals surface area contributed by atoms with E-state index in [1.165, 1.54) is 0 Å². The van der Waals surface area contributed by atoms with Crippen LogP contribution in [0.1, 0.15) is 31.9 Å². The van der Waals surface area contributed by atoms with Crippen molar-refractivity contribution in [2.45, 2.75) is 38.6 Å². The predicted molar refractivity (Wildman–Crippen MR) is 74.9 cm³/mol. The van der Waals surface area contributed by atoms with E-state index in [-0.39, 0.29) is 5.91 Å². The van der Waals surface area contributed by atoms with Gasteiger partial charge in [0.05, 0.1) is 6.26 Å². The van der Waals surface area contributed by atoms with E-state index >= 15 is 0 Å². The highest BCUT2D eigenvalue weighted by molar-refractivity contribution is 5.76. The maximum absolute atomic E-state index is 12.2. The molecule has 2 rings (SSSR count). The van der Waals surface area contributed by atoms with Crippen LogP contribution < -0.4 is 0 Å². The molecule has 0 aliphatic carbocycles. The van der Waals surface area contributed by atoms with E-state index in [4.69, 9.17) is 4.42 Å². The zero-order valence-corrected chi connectivity index (χ0v) is 12.0. The maximum atomic E-state index is 12.2. The zero-order chi connectivity index (χ0) is 13.7. The standard InChI is InChI=1S/C15H24N2O2/c1-3-17-10-8-13(9-11-17)16(2)15(18)7-6-14-5-4-12-19-14/h4-5,12-13H,3,6-11H2,1-2H3. The summed E-state index contributed by atoms with van der Waals surface area (Å²) >= 11 is 0. The lowest BCUT2D eigenvalue weighted by molar-refractivity contribution is -0.132. The fraction of sp³-hybridized carbons (Fsp3) is 0.667.